The Morgan fingerprint density at radius 2 is 1.72 bits per heavy atom. The molecule has 156 valence electrons. The van der Waals surface area contributed by atoms with Crippen molar-refractivity contribution in [1.82, 2.24) is 4.31 Å². The van der Waals surface area contributed by atoms with E-state index < -0.39 is 10.0 Å². The first-order valence-corrected chi connectivity index (χ1v) is 11.5. The number of carbonyl (C=O) groups excluding carboxylic acids is 1. The second-order valence-electron chi connectivity index (χ2n) is 6.82. The van der Waals surface area contributed by atoms with Gasteiger partial charge in [0, 0.05) is 34.6 Å². The van der Waals surface area contributed by atoms with E-state index in [1.165, 1.54) is 4.31 Å². The van der Waals surface area contributed by atoms with Crippen molar-refractivity contribution in [3.8, 4) is 5.75 Å². The number of nitrogens with one attached hydrogen (secondary N) is 1. The Labute approximate surface area is 180 Å². The minimum absolute atomic E-state index is 0.138. The lowest BCUT2D eigenvalue weighted by molar-refractivity contribution is -0.120. The summed E-state index contributed by atoms with van der Waals surface area (Å²) in [5, 5.41) is 3.52. The van der Waals surface area contributed by atoms with Gasteiger partial charge in [0.15, 0.2) is 0 Å². The third-order valence-corrected chi connectivity index (χ3v) is 7.49. The van der Waals surface area contributed by atoms with Crippen LogP contribution in [0.15, 0.2) is 42.5 Å². The summed E-state index contributed by atoms with van der Waals surface area (Å²) < 4.78 is 32.3. The van der Waals surface area contributed by atoms with Crippen LogP contribution in [0.4, 0.5) is 5.69 Å². The molecule has 2 aromatic carbocycles. The third kappa shape index (κ3) is 5.22. The standard InChI is InChI=1S/C20H22Cl2N2O4S/c1-28-19-8-3-2-7-18(19)23-20(25)14-9-11-24(12-10-14)29(26,27)13-15-16(21)5-4-6-17(15)22/h2-8,14H,9-13H2,1H3,(H,23,25). The van der Waals surface area contributed by atoms with Gasteiger partial charge in [0.2, 0.25) is 15.9 Å². The summed E-state index contributed by atoms with van der Waals surface area (Å²) in [6.45, 7) is 0.544. The normalized spacial score (nSPS) is 15.8. The monoisotopic (exact) mass is 456 g/mol. The molecule has 6 nitrogen and oxygen atoms in total. The molecule has 1 aliphatic rings. The third-order valence-electron chi connectivity index (χ3n) is 4.97. The number of piperidine rings is 1. The molecule has 0 spiro atoms. The maximum atomic E-state index is 12.8. The number of nitrogens with zero attached hydrogens (tertiary/aromatic N) is 1. The minimum Gasteiger partial charge on any atom is -0.495 e. The van der Waals surface area contributed by atoms with Gasteiger partial charge in [-0.05, 0) is 37.1 Å². The van der Waals surface area contributed by atoms with Crippen molar-refractivity contribution >= 4 is 44.8 Å². The number of carbonyl (C=O) groups is 1. The first kappa shape index (κ1) is 21.9. The average molecular weight is 457 g/mol. The van der Waals surface area contributed by atoms with Crippen molar-refractivity contribution in [3.05, 3.63) is 58.1 Å². The highest BCUT2D eigenvalue weighted by Crippen LogP contribution is 2.30. The van der Waals surface area contributed by atoms with Crippen LogP contribution in [-0.2, 0) is 20.6 Å². The molecule has 0 saturated carbocycles. The number of benzene rings is 2. The lowest BCUT2D eigenvalue weighted by Crippen LogP contribution is -2.42. The Hall–Kier alpha value is -1.80. The van der Waals surface area contributed by atoms with Crippen LogP contribution in [0.25, 0.3) is 0 Å². The summed E-state index contributed by atoms with van der Waals surface area (Å²) in [6, 6.07) is 12.1. The number of anilines is 1. The van der Waals surface area contributed by atoms with E-state index >= 15 is 0 Å². The van der Waals surface area contributed by atoms with Gasteiger partial charge >= 0.3 is 0 Å². The number of halogens is 2. The smallest absolute Gasteiger partial charge is 0.227 e. The molecule has 0 aromatic heterocycles. The number of amides is 1. The number of hydrogen-bond acceptors (Lipinski definition) is 4. The van der Waals surface area contributed by atoms with Gasteiger partial charge in [0.1, 0.15) is 5.75 Å². The largest absolute Gasteiger partial charge is 0.495 e. The maximum Gasteiger partial charge on any atom is 0.227 e. The van der Waals surface area contributed by atoms with Crippen LogP contribution in [0.2, 0.25) is 10.0 Å². The van der Waals surface area contributed by atoms with Gasteiger partial charge in [-0.15, -0.1) is 0 Å². The highest BCUT2D eigenvalue weighted by Gasteiger charge is 2.32. The van der Waals surface area contributed by atoms with E-state index in [9.17, 15) is 13.2 Å². The van der Waals surface area contributed by atoms with E-state index in [1.807, 2.05) is 12.1 Å². The SMILES string of the molecule is COc1ccccc1NC(=O)C1CCN(S(=O)(=O)Cc2c(Cl)cccc2Cl)CC1. The van der Waals surface area contributed by atoms with Crippen LogP contribution < -0.4 is 10.1 Å². The zero-order chi connectivity index (χ0) is 21.0. The summed E-state index contributed by atoms with van der Waals surface area (Å²) >= 11 is 12.2. The second kappa shape index (κ2) is 9.34. The van der Waals surface area contributed by atoms with Crippen molar-refractivity contribution in [2.45, 2.75) is 18.6 Å². The van der Waals surface area contributed by atoms with Gasteiger partial charge in [0.05, 0.1) is 18.6 Å². The molecular weight excluding hydrogens is 435 g/mol. The molecule has 3 rings (SSSR count). The minimum atomic E-state index is -3.59. The summed E-state index contributed by atoms with van der Waals surface area (Å²) in [4.78, 5) is 12.6. The molecule has 0 atom stereocenters. The molecule has 1 amide bonds. The Morgan fingerprint density at radius 3 is 2.34 bits per heavy atom. The van der Waals surface area contributed by atoms with E-state index in [0.717, 1.165) is 0 Å². The molecule has 0 radical (unpaired) electrons. The second-order valence-corrected chi connectivity index (χ2v) is 9.60. The Morgan fingerprint density at radius 1 is 1.10 bits per heavy atom. The lowest BCUT2D eigenvalue weighted by Gasteiger charge is -2.30. The summed E-state index contributed by atoms with van der Waals surface area (Å²) in [6.07, 6.45) is 0.882. The topological polar surface area (TPSA) is 75.7 Å². The van der Waals surface area contributed by atoms with Crippen LogP contribution in [0, 0.1) is 5.92 Å². The summed E-state index contributed by atoms with van der Waals surface area (Å²) in [5.41, 5.74) is 0.996. The highest BCUT2D eigenvalue weighted by molar-refractivity contribution is 7.88. The maximum absolute atomic E-state index is 12.8. The summed E-state index contributed by atoms with van der Waals surface area (Å²) in [7, 11) is -2.05. The van der Waals surface area contributed by atoms with E-state index in [4.69, 9.17) is 27.9 Å². The lowest BCUT2D eigenvalue weighted by atomic mass is 9.97. The molecule has 0 bridgehead atoms. The summed E-state index contributed by atoms with van der Waals surface area (Å²) in [5.74, 6) is -0.0859. The van der Waals surface area contributed by atoms with Crippen molar-refractivity contribution < 1.29 is 17.9 Å². The van der Waals surface area contributed by atoms with Gasteiger partial charge in [-0.1, -0.05) is 41.4 Å². The quantitative estimate of drug-likeness (QED) is 0.706. The fraction of sp³-hybridized carbons (Fsp3) is 0.350. The highest BCUT2D eigenvalue weighted by atomic mass is 35.5. The fourth-order valence-corrected chi connectivity index (χ4v) is 5.64. The molecule has 1 heterocycles. The number of hydrogen-bond donors (Lipinski definition) is 1. The van der Waals surface area contributed by atoms with Gasteiger partial charge in [-0.2, -0.15) is 0 Å². The number of rotatable bonds is 6. The van der Waals surface area contributed by atoms with E-state index in [2.05, 4.69) is 5.32 Å². The molecule has 29 heavy (non-hydrogen) atoms. The van der Waals surface area contributed by atoms with E-state index in [0.29, 0.717) is 39.9 Å². The molecule has 0 aliphatic carbocycles. The van der Waals surface area contributed by atoms with Crippen LogP contribution in [-0.4, -0.2) is 38.8 Å². The van der Waals surface area contributed by atoms with Crippen LogP contribution >= 0.6 is 23.2 Å². The first-order valence-electron chi connectivity index (χ1n) is 9.16. The number of sulfonamides is 1. The molecule has 2 aromatic rings. The number of ether oxygens (including phenoxy) is 1. The van der Waals surface area contributed by atoms with Gasteiger partial charge < -0.3 is 10.1 Å². The van der Waals surface area contributed by atoms with Crippen molar-refractivity contribution in [1.29, 1.82) is 0 Å². The Bertz CT molecular complexity index is 969. The van der Waals surface area contributed by atoms with Gasteiger partial charge in [-0.3, -0.25) is 4.79 Å². The molecular formula is C20H22Cl2N2O4S. The predicted octanol–water partition coefficient (Wildman–Crippen LogP) is 4.18. The molecule has 1 aliphatic heterocycles. The van der Waals surface area contributed by atoms with Crippen LogP contribution in [0.3, 0.4) is 0 Å². The number of para-hydroxylation sites is 2. The molecule has 1 fully saturated rings. The zero-order valence-corrected chi connectivity index (χ0v) is 18.2. The fourth-order valence-electron chi connectivity index (χ4n) is 3.32. The molecule has 0 unspecified atom stereocenters. The Kier molecular flexibility index (Phi) is 7.05. The van der Waals surface area contributed by atoms with Crippen molar-refractivity contribution in [2.24, 2.45) is 5.92 Å². The van der Waals surface area contributed by atoms with Crippen molar-refractivity contribution in [3.63, 3.8) is 0 Å². The zero-order valence-electron chi connectivity index (χ0n) is 15.9. The molecule has 9 heteroatoms. The van der Waals surface area contributed by atoms with E-state index in [1.54, 1.807) is 37.4 Å². The van der Waals surface area contributed by atoms with Crippen LogP contribution in [0.1, 0.15) is 18.4 Å². The van der Waals surface area contributed by atoms with Crippen LogP contribution in [0.5, 0.6) is 5.75 Å². The van der Waals surface area contributed by atoms with E-state index in [-0.39, 0.29) is 30.7 Å². The molecule has 1 saturated heterocycles. The predicted molar refractivity (Wildman–Crippen MR) is 115 cm³/mol. The number of methoxy groups -OCH3 is 1. The molecule has 1 N–H and O–H groups in total. The Balaban J connectivity index is 1.61. The van der Waals surface area contributed by atoms with Crippen molar-refractivity contribution in [2.75, 3.05) is 25.5 Å². The average Bonchev–Trinajstić information content (AvgIpc) is 2.71. The first-order chi connectivity index (χ1) is 13.8. The van der Waals surface area contributed by atoms with Gasteiger partial charge in [0.25, 0.3) is 0 Å². The van der Waals surface area contributed by atoms with Gasteiger partial charge in [-0.25, -0.2) is 12.7 Å².